The van der Waals surface area contributed by atoms with Gasteiger partial charge in [0.15, 0.2) is 0 Å². The molecule has 0 aromatic rings. The van der Waals surface area contributed by atoms with E-state index in [1.54, 1.807) is 7.11 Å². The Bertz CT molecular complexity index is 197. The van der Waals surface area contributed by atoms with E-state index in [-0.39, 0.29) is 5.41 Å². The molecule has 4 nitrogen and oxygen atoms in total. The highest BCUT2D eigenvalue weighted by Gasteiger charge is 2.47. The Kier molecular flexibility index (Phi) is 5.69. The number of hydrogen-bond acceptors (Lipinski definition) is 4. The molecule has 0 aliphatic heterocycles. The summed E-state index contributed by atoms with van der Waals surface area (Å²) in [6.45, 7) is 7.11. The zero-order chi connectivity index (χ0) is 12.0. The van der Waals surface area contributed by atoms with Crippen LogP contribution in [0.1, 0.15) is 20.3 Å². The van der Waals surface area contributed by atoms with Gasteiger partial charge in [-0.2, -0.15) is 0 Å². The lowest BCUT2D eigenvalue weighted by molar-refractivity contribution is -0.126. The van der Waals surface area contributed by atoms with Crippen LogP contribution in [0, 0.1) is 5.41 Å². The lowest BCUT2D eigenvalue weighted by Gasteiger charge is -2.51. The van der Waals surface area contributed by atoms with Gasteiger partial charge in [0.05, 0.1) is 32.5 Å². The first-order valence-corrected chi connectivity index (χ1v) is 5.98. The molecule has 16 heavy (non-hydrogen) atoms. The second-order valence-corrected chi connectivity index (χ2v) is 4.86. The second kappa shape index (κ2) is 6.55. The average Bonchev–Trinajstić information content (AvgIpc) is 2.26. The van der Waals surface area contributed by atoms with E-state index in [1.165, 1.54) is 0 Å². The summed E-state index contributed by atoms with van der Waals surface area (Å²) < 4.78 is 16.0. The molecular formula is C12H25NO3. The van der Waals surface area contributed by atoms with E-state index in [2.05, 4.69) is 19.2 Å². The minimum absolute atomic E-state index is 0.237. The molecule has 0 aromatic heterocycles. The lowest BCUT2D eigenvalue weighted by atomic mass is 9.64. The van der Waals surface area contributed by atoms with Crippen molar-refractivity contribution in [3.8, 4) is 0 Å². The van der Waals surface area contributed by atoms with E-state index in [0.29, 0.717) is 38.6 Å². The molecule has 1 fully saturated rings. The van der Waals surface area contributed by atoms with E-state index in [4.69, 9.17) is 14.2 Å². The SMILES string of the molecule is CNC1CC(OCCOCCOC)C1(C)C. The molecule has 1 aliphatic carbocycles. The summed E-state index contributed by atoms with van der Waals surface area (Å²) in [5.74, 6) is 0. The molecule has 0 heterocycles. The highest BCUT2D eigenvalue weighted by molar-refractivity contribution is 5.02. The Hall–Kier alpha value is -0.160. The maximum Gasteiger partial charge on any atom is 0.0704 e. The summed E-state index contributed by atoms with van der Waals surface area (Å²) in [6.07, 6.45) is 1.46. The van der Waals surface area contributed by atoms with E-state index in [0.717, 1.165) is 6.42 Å². The number of nitrogens with one attached hydrogen (secondary N) is 1. The van der Waals surface area contributed by atoms with E-state index < -0.39 is 0 Å². The average molecular weight is 231 g/mol. The van der Waals surface area contributed by atoms with Crippen LogP contribution >= 0.6 is 0 Å². The Labute approximate surface area is 98.6 Å². The van der Waals surface area contributed by atoms with Gasteiger partial charge in [0.1, 0.15) is 0 Å². The molecule has 0 aromatic carbocycles. The molecule has 1 N–H and O–H groups in total. The summed E-state index contributed by atoms with van der Waals surface area (Å²) in [4.78, 5) is 0. The van der Waals surface area contributed by atoms with Crippen molar-refractivity contribution in [3.05, 3.63) is 0 Å². The highest BCUT2D eigenvalue weighted by Crippen LogP contribution is 2.42. The van der Waals surface area contributed by atoms with Crippen LogP contribution < -0.4 is 5.32 Å². The molecule has 4 heteroatoms. The molecule has 1 saturated carbocycles. The van der Waals surface area contributed by atoms with Crippen LogP contribution in [0.25, 0.3) is 0 Å². The topological polar surface area (TPSA) is 39.7 Å². The van der Waals surface area contributed by atoms with Gasteiger partial charge in [-0.15, -0.1) is 0 Å². The van der Waals surface area contributed by atoms with Crippen molar-refractivity contribution in [2.75, 3.05) is 40.6 Å². The fourth-order valence-corrected chi connectivity index (χ4v) is 2.15. The van der Waals surface area contributed by atoms with E-state index in [1.807, 2.05) is 7.05 Å². The van der Waals surface area contributed by atoms with Crippen molar-refractivity contribution in [1.82, 2.24) is 5.32 Å². The Morgan fingerprint density at radius 3 is 2.44 bits per heavy atom. The third kappa shape index (κ3) is 3.42. The maximum atomic E-state index is 5.80. The van der Waals surface area contributed by atoms with Crippen molar-refractivity contribution in [1.29, 1.82) is 0 Å². The van der Waals surface area contributed by atoms with Crippen LogP contribution in [-0.4, -0.2) is 52.7 Å². The minimum Gasteiger partial charge on any atom is -0.382 e. The molecule has 0 bridgehead atoms. The van der Waals surface area contributed by atoms with Crippen LogP contribution in [0.4, 0.5) is 0 Å². The van der Waals surface area contributed by atoms with Gasteiger partial charge < -0.3 is 19.5 Å². The van der Waals surface area contributed by atoms with Gasteiger partial charge in [-0.3, -0.25) is 0 Å². The number of rotatable bonds is 8. The zero-order valence-corrected chi connectivity index (χ0v) is 10.9. The monoisotopic (exact) mass is 231 g/mol. The van der Waals surface area contributed by atoms with E-state index in [9.17, 15) is 0 Å². The second-order valence-electron chi connectivity index (χ2n) is 4.86. The predicted octanol–water partition coefficient (Wildman–Crippen LogP) is 1.05. The van der Waals surface area contributed by atoms with Gasteiger partial charge in [-0.25, -0.2) is 0 Å². The summed E-state index contributed by atoms with van der Waals surface area (Å²) in [5, 5.41) is 3.31. The van der Waals surface area contributed by atoms with Gasteiger partial charge >= 0.3 is 0 Å². The molecule has 0 amide bonds. The molecule has 0 saturated heterocycles. The quantitative estimate of drug-likeness (QED) is 0.634. The van der Waals surface area contributed by atoms with Crippen molar-refractivity contribution in [3.63, 3.8) is 0 Å². The number of ether oxygens (including phenoxy) is 3. The van der Waals surface area contributed by atoms with Gasteiger partial charge in [-0.05, 0) is 13.5 Å². The fraction of sp³-hybridized carbons (Fsp3) is 1.00. The van der Waals surface area contributed by atoms with Crippen LogP contribution in [0.3, 0.4) is 0 Å². The van der Waals surface area contributed by atoms with Crippen molar-refractivity contribution in [2.45, 2.75) is 32.4 Å². The molecule has 1 aliphatic rings. The Morgan fingerprint density at radius 1 is 1.19 bits per heavy atom. The van der Waals surface area contributed by atoms with Gasteiger partial charge in [0.2, 0.25) is 0 Å². The summed E-state index contributed by atoms with van der Waals surface area (Å²) in [6, 6.07) is 0.576. The third-order valence-electron chi connectivity index (χ3n) is 3.50. The smallest absolute Gasteiger partial charge is 0.0704 e. The zero-order valence-electron chi connectivity index (χ0n) is 10.9. The van der Waals surface area contributed by atoms with Crippen LogP contribution in [-0.2, 0) is 14.2 Å². The van der Waals surface area contributed by atoms with Gasteiger partial charge in [0, 0.05) is 18.6 Å². The first-order chi connectivity index (χ1) is 7.62. The number of hydrogen-bond donors (Lipinski definition) is 1. The first kappa shape index (κ1) is 13.9. The molecule has 1 rings (SSSR count). The molecule has 96 valence electrons. The number of methoxy groups -OCH3 is 1. The molecule has 2 atom stereocenters. The maximum absolute atomic E-state index is 5.80. The molecule has 0 radical (unpaired) electrons. The van der Waals surface area contributed by atoms with Crippen LogP contribution in [0.15, 0.2) is 0 Å². The van der Waals surface area contributed by atoms with Crippen molar-refractivity contribution < 1.29 is 14.2 Å². The minimum atomic E-state index is 0.237. The summed E-state index contributed by atoms with van der Waals surface area (Å²) >= 11 is 0. The Balaban J connectivity index is 2.03. The van der Waals surface area contributed by atoms with Crippen molar-refractivity contribution >= 4 is 0 Å². The first-order valence-electron chi connectivity index (χ1n) is 5.98. The van der Waals surface area contributed by atoms with Crippen molar-refractivity contribution in [2.24, 2.45) is 5.41 Å². The highest BCUT2D eigenvalue weighted by atomic mass is 16.5. The van der Waals surface area contributed by atoms with Crippen LogP contribution in [0.5, 0.6) is 0 Å². The lowest BCUT2D eigenvalue weighted by Crippen LogP contribution is -2.60. The van der Waals surface area contributed by atoms with Gasteiger partial charge in [-0.1, -0.05) is 13.8 Å². The normalized spacial score (nSPS) is 27.8. The molecule has 2 unspecified atom stereocenters. The van der Waals surface area contributed by atoms with Gasteiger partial charge in [0.25, 0.3) is 0 Å². The Morgan fingerprint density at radius 2 is 1.88 bits per heavy atom. The molecule has 0 spiro atoms. The summed E-state index contributed by atoms with van der Waals surface area (Å²) in [5.41, 5.74) is 0.237. The van der Waals surface area contributed by atoms with Crippen LogP contribution in [0.2, 0.25) is 0 Å². The fourth-order valence-electron chi connectivity index (χ4n) is 2.15. The largest absolute Gasteiger partial charge is 0.382 e. The predicted molar refractivity (Wildman–Crippen MR) is 63.7 cm³/mol. The third-order valence-corrected chi connectivity index (χ3v) is 3.50. The molecular weight excluding hydrogens is 206 g/mol. The summed E-state index contributed by atoms with van der Waals surface area (Å²) in [7, 11) is 3.69. The standard InChI is InChI=1S/C12H25NO3/c1-12(2)10(13-3)9-11(12)16-8-7-15-6-5-14-4/h10-11,13H,5-9H2,1-4H3. The van der Waals surface area contributed by atoms with E-state index >= 15 is 0 Å².